The van der Waals surface area contributed by atoms with E-state index in [1.165, 1.54) is 7.11 Å². The third kappa shape index (κ3) is 3.20. The fourth-order valence-corrected chi connectivity index (χ4v) is 1.91. The first-order valence-electron chi connectivity index (χ1n) is 6.08. The molecule has 0 aliphatic heterocycles. The molecule has 5 nitrogen and oxygen atoms in total. The number of carbonyl (C=O) groups is 1. The van der Waals surface area contributed by atoms with Crippen LogP contribution in [0.15, 0.2) is 36.5 Å². The van der Waals surface area contributed by atoms with Crippen molar-refractivity contribution in [3.8, 4) is 5.69 Å². The van der Waals surface area contributed by atoms with Crippen LogP contribution in [0.5, 0.6) is 0 Å². The van der Waals surface area contributed by atoms with Gasteiger partial charge in [0.15, 0.2) is 0 Å². The Kier molecular flexibility index (Phi) is 4.30. The van der Waals surface area contributed by atoms with Gasteiger partial charge in [0.05, 0.1) is 25.5 Å². The van der Waals surface area contributed by atoms with Gasteiger partial charge < -0.3 is 10.1 Å². The molecule has 1 N–H and O–H groups in total. The molecule has 0 atom stereocenters. The Morgan fingerprint density at radius 1 is 1.37 bits per heavy atom. The molecule has 0 unspecified atom stereocenters. The lowest BCUT2D eigenvalue weighted by atomic mass is 10.3. The molecule has 0 saturated carbocycles. The van der Waals surface area contributed by atoms with Crippen molar-refractivity contribution in [1.82, 2.24) is 14.9 Å². The highest BCUT2D eigenvalue weighted by atomic mass is 16.5. The maximum absolute atomic E-state index is 11.1. The summed E-state index contributed by atoms with van der Waals surface area (Å²) in [6, 6.07) is 10.0. The number of nitrogens with zero attached hydrogens (tertiary/aromatic N) is 2. The van der Waals surface area contributed by atoms with Gasteiger partial charge in [0, 0.05) is 12.2 Å². The van der Waals surface area contributed by atoms with Crippen LogP contribution in [-0.4, -0.2) is 29.2 Å². The Morgan fingerprint density at radius 3 is 2.79 bits per heavy atom. The summed E-state index contributed by atoms with van der Waals surface area (Å²) in [6.45, 7) is 2.71. The van der Waals surface area contributed by atoms with Crippen molar-refractivity contribution in [1.29, 1.82) is 0 Å². The lowest BCUT2D eigenvalue weighted by Crippen LogP contribution is -2.24. The predicted molar refractivity (Wildman–Crippen MR) is 72.0 cm³/mol. The van der Waals surface area contributed by atoms with E-state index in [1.807, 2.05) is 43.5 Å². The zero-order valence-electron chi connectivity index (χ0n) is 11.1. The van der Waals surface area contributed by atoms with Gasteiger partial charge in [-0.2, -0.15) is 0 Å². The molecule has 19 heavy (non-hydrogen) atoms. The van der Waals surface area contributed by atoms with Crippen molar-refractivity contribution >= 4 is 5.97 Å². The van der Waals surface area contributed by atoms with Crippen LogP contribution >= 0.6 is 0 Å². The first-order valence-corrected chi connectivity index (χ1v) is 6.08. The van der Waals surface area contributed by atoms with Gasteiger partial charge in [0.25, 0.3) is 0 Å². The Bertz CT molecular complexity index is 549. The molecule has 0 bridgehead atoms. The van der Waals surface area contributed by atoms with E-state index in [-0.39, 0.29) is 12.5 Å². The lowest BCUT2D eigenvalue weighted by molar-refractivity contribution is -0.139. The summed E-state index contributed by atoms with van der Waals surface area (Å²) in [6.07, 6.45) is 1.81. The van der Waals surface area contributed by atoms with E-state index < -0.39 is 0 Å². The van der Waals surface area contributed by atoms with Gasteiger partial charge >= 0.3 is 5.97 Å². The largest absolute Gasteiger partial charge is 0.468 e. The summed E-state index contributed by atoms with van der Waals surface area (Å²) in [5, 5.41) is 3.04. The molecule has 0 spiro atoms. The summed E-state index contributed by atoms with van der Waals surface area (Å²) >= 11 is 0. The third-order valence-electron chi connectivity index (χ3n) is 2.83. The first kappa shape index (κ1) is 13.3. The van der Waals surface area contributed by atoms with Crippen molar-refractivity contribution in [2.45, 2.75) is 13.5 Å². The van der Waals surface area contributed by atoms with Gasteiger partial charge in [-0.3, -0.25) is 9.36 Å². The second kappa shape index (κ2) is 6.15. The molecule has 2 rings (SSSR count). The molecule has 0 amide bonds. The summed E-state index contributed by atoms with van der Waals surface area (Å²) in [7, 11) is 1.38. The molecule has 100 valence electrons. The zero-order chi connectivity index (χ0) is 13.7. The number of hydrogen-bond donors (Lipinski definition) is 1. The molecule has 0 radical (unpaired) electrons. The number of para-hydroxylation sites is 1. The highest BCUT2D eigenvalue weighted by molar-refractivity contribution is 5.71. The molecule has 0 fully saturated rings. The Morgan fingerprint density at radius 2 is 2.11 bits per heavy atom. The molecule has 0 aliphatic carbocycles. The van der Waals surface area contributed by atoms with Gasteiger partial charge in [-0.25, -0.2) is 4.98 Å². The number of nitrogens with one attached hydrogen (secondary N) is 1. The number of aromatic nitrogens is 2. The molecule has 1 heterocycles. The molecule has 0 saturated heterocycles. The summed E-state index contributed by atoms with van der Waals surface area (Å²) < 4.78 is 6.64. The van der Waals surface area contributed by atoms with Crippen LogP contribution in [0.4, 0.5) is 0 Å². The smallest absolute Gasteiger partial charge is 0.319 e. The number of rotatable bonds is 5. The van der Waals surface area contributed by atoms with Gasteiger partial charge in [-0.15, -0.1) is 0 Å². The number of imidazole rings is 1. The molecular formula is C14H17N3O2. The monoisotopic (exact) mass is 259 g/mol. The summed E-state index contributed by atoms with van der Waals surface area (Å²) in [5.74, 6) is 0.642. The van der Waals surface area contributed by atoms with Gasteiger partial charge in [0.1, 0.15) is 5.82 Å². The fourth-order valence-electron chi connectivity index (χ4n) is 1.91. The number of aryl methyl sites for hydroxylation is 1. The van der Waals surface area contributed by atoms with Gasteiger partial charge in [-0.05, 0) is 19.1 Å². The molecule has 2 aromatic rings. The highest BCUT2D eigenvalue weighted by Gasteiger charge is 2.08. The molecule has 1 aromatic carbocycles. The van der Waals surface area contributed by atoms with Crippen molar-refractivity contribution in [2.24, 2.45) is 0 Å². The molecule has 0 aliphatic rings. The number of esters is 1. The topological polar surface area (TPSA) is 56.1 Å². The van der Waals surface area contributed by atoms with Gasteiger partial charge in [-0.1, -0.05) is 18.2 Å². The van der Waals surface area contributed by atoms with Crippen molar-refractivity contribution in [3.05, 3.63) is 48.0 Å². The maximum Gasteiger partial charge on any atom is 0.319 e. The van der Waals surface area contributed by atoms with Crippen molar-refractivity contribution in [2.75, 3.05) is 13.7 Å². The van der Waals surface area contributed by atoms with Crippen molar-refractivity contribution < 1.29 is 9.53 Å². The second-order valence-corrected chi connectivity index (χ2v) is 4.15. The minimum absolute atomic E-state index is 0.190. The molecule has 1 aromatic heterocycles. The number of carbonyl (C=O) groups excluding carboxylic acids is 1. The van der Waals surface area contributed by atoms with E-state index >= 15 is 0 Å². The molecular weight excluding hydrogens is 242 g/mol. The Labute approximate surface area is 112 Å². The van der Waals surface area contributed by atoms with Crippen molar-refractivity contribution in [3.63, 3.8) is 0 Å². The minimum atomic E-state index is -0.275. The van der Waals surface area contributed by atoms with E-state index in [0.29, 0.717) is 6.54 Å². The van der Waals surface area contributed by atoms with Crippen LogP contribution in [0.3, 0.4) is 0 Å². The predicted octanol–water partition coefficient (Wildman–Crippen LogP) is 1.44. The van der Waals surface area contributed by atoms with E-state index in [1.54, 1.807) is 0 Å². The molecule has 5 heteroatoms. The standard InChI is InChI=1S/C14H17N3O2/c1-11-16-9-13(8-15-10-14(18)19-2)17(11)12-6-4-3-5-7-12/h3-7,9,15H,8,10H2,1-2H3. The van der Waals surface area contributed by atoms with Crippen LogP contribution in [0, 0.1) is 6.92 Å². The van der Waals surface area contributed by atoms with Crippen LogP contribution in [0.1, 0.15) is 11.5 Å². The second-order valence-electron chi connectivity index (χ2n) is 4.15. The van der Waals surface area contributed by atoms with Crippen LogP contribution < -0.4 is 5.32 Å². The highest BCUT2D eigenvalue weighted by Crippen LogP contribution is 2.14. The Balaban J connectivity index is 2.12. The van der Waals surface area contributed by atoms with Crippen LogP contribution in [0.2, 0.25) is 0 Å². The minimum Gasteiger partial charge on any atom is -0.468 e. The fraction of sp³-hybridized carbons (Fsp3) is 0.286. The Hall–Kier alpha value is -2.14. The van der Waals surface area contributed by atoms with Crippen LogP contribution in [-0.2, 0) is 16.1 Å². The zero-order valence-corrected chi connectivity index (χ0v) is 11.1. The average Bonchev–Trinajstić information content (AvgIpc) is 2.80. The van der Waals surface area contributed by atoms with E-state index in [4.69, 9.17) is 0 Å². The number of hydrogen-bond acceptors (Lipinski definition) is 4. The number of benzene rings is 1. The first-order chi connectivity index (χ1) is 9.22. The van der Waals surface area contributed by atoms with Crippen LogP contribution in [0.25, 0.3) is 5.69 Å². The quantitative estimate of drug-likeness (QED) is 0.826. The summed E-state index contributed by atoms with van der Waals surface area (Å²) in [4.78, 5) is 15.4. The number of methoxy groups -OCH3 is 1. The van der Waals surface area contributed by atoms with E-state index in [9.17, 15) is 4.79 Å². The van der Waals surface area contributed by atoms with E-state index in [2.05, 4.69) is 19.6 Å². The summed E-state index contributed by atoms with van der Waals surface area (Å²) in [5.41, 5.74) is 2.07. The normalized spacial score (nSPS) is 10.4. The third-order valence-corrected chi connectivity index (χ3v) is 2.83. The van der Waals surface area contributed by atoms with Gasteiger partial charge in [0.2, 0.25) is 0 Å². The average molecular weight is 259 g/mol. The van der Waals surface area contributed by atoms with E-state index in [0.717, 1.165) is 17.2 Å². The maximum atomic E-state index is 11.1. The SMILES string of the molecule is COC(=O)CNCc1cnc(C)n1-c1ccccc1. The number of ether oxygens (including phenoxy) is 1. The lowest BCUT2D eigenvalue weighted by Gasteiger charge is -2.10.